The van der Waals surface area contributed by atoms with Crippen molar-refractivity contribution in [1.29, 1.82) is 0 Å². The van der Waals surface area contributed by atoms with Crippen LogP contribution in [0, 0.1) is 0 Å². The van der Waals surface area contributed by atoms with E-state index in [2.05, 4.69) is 4.98 Å². The minimum absolute atomic E-state index is 0.324. The fourth-order valence-corrected chi connectivity index (χ4v) is 1.31. The van der Waals surface area contributed by atoms with Crippen LogP contribution in [0.15, 0.2) is 12.3 Å². The van der Waals surface area contributed by atoms with Crippen molar-refractivity contribution in [3.63, 3.8) is 0 Å². The molecule has 0 atom stereocenters. The van der Waals surface area contributed by atoms with Gasteiger partial charge in [0.05, 0.1) is 10.7 Å². The van der Waals surface area contributed by atoms with Crippen molar-refractivity contribution < 1.29 is 10.0 Å². The standard InChI is InChI=1S/C8H11BClNO2/c1-2-3-8-7(10)4-6(5-11-8)9(12)13/h4-5,12-13H,2-3H2,1H3. The summed E-state index contributed by atoms with van der Waals surface area (Å²) in [5.74, 6) is 0. The second-order valence-corrected chi connectivity index (χ2v) is 3.23. The Morgan fingerprint density at radius 2 is 2.23 bits per heavy atom. The summed E-state index contributed by atoms with van der Waals surface area (Å²) in [6, 6.07) is 1.53. The third kappa shape index (κ3) is 2.69. The number of hydrogen-bond donors (Lipinski definition) is 2. The van der Waals surface area contributed by atoms with Crippen LogP contribution in [0.4, 0.5) is 0 Å². The number of rotatable bonds is 3. The molecule has 13 heavy (non-hydrogen) atoms. The zero-order valence-corrected chi connectivity index (χ0v) is 8.12. The van der Waals surface area contributed by atoms with Crippen LogP contribution < -0.4 is 5.46 Å². The Morgan fingerprint density at radius 1 is 1.54 bits per heavy atom. The van der Waals surface area contributed by atoms with E-state index in [0.29, 0.717) is 10.5 Å². The first-order valence-electron chi connectivity index (χ1n) is 4.15. The Bertz CT molecular complexity index is 293. The molecular formula is C8H11BClNO2. The number of aromatic nitrogens is 1. The van der Waals surface area contributed by atoms with E-state index in [1.807, 2.05) is 6.92 Å². The maximum Gasteiger partial charge on any atom is 0.490 e. The van der Waals surface area contributed by atoms with E-state index in [4.69, 9.17) is 21.6 Å². The molecule has 5 heteroatoms. The van der Waals surface area contributed by atoms with Gasteiger partial charge in [-0.2, -0.15) is 0 Å². The third-order valence-electron chi connectivity index (χ3n) is 1.72. The lowest BCUT2D eigenvalue weighted by Crippen LogP contribution is -2.30. The van der Waals surface area contributed by atoms with E-state index in [9.17, 15) is 0 Å². The first-order valence-corrected chi connectivity index (χ1v) is 4.53. The molecule has 0 saturated heterocycles. The number of hydrogen-bond acceptors (Lipinski definition) is 3. The SMILES string of the molecule is CCCc1ncc(B(O)O)cc1Cl. The van der Waals surface area contributed by atoms with Crippen molar-refractivity contribution in [3.05, 3.63) is 23.0 Å². The molecule has 0 aliphatic rings. The molecule has 0 radical (unpaired) electrons. The van der Waals surface area contributed by atoms with Crippen molar-refractivity contribution in [2.24, 2.45) is 0 Å². The van der Waals surface area contributed by atoms with Gasteiger partial charge in [0.25, 0.3) is 0 Å². The highest BCUT2D eigenvalue weighted by Gasteiger charge is 2.13. The van der Waals surface area contributed by atoms with Crippen molar-refractivity contribution in [3.8, 4) is 0 Å². The zero-order chi connectivity index (χ0) is 9.84. The normalized spacial score (nSPS) is 10.2. The topological polar surface area (TPSA) is 53.4 Å². The average Bonchev–Trinajstić information content (AvgIpc) is 2.08. The van der Waals surface area contributed by atoms with Crippen LogP contribution >= 0.6 is 11.6 Å². The van der Waals surface area contributed by atoms with E-state index in [-0.39, 0.29) is 0 Å². The highest BCUT2D eigenvalue weighted by Crippen LogP contribution is 2.12. The molecule has 0 unspecified atom stereocenters. The summed E-state index contributed by atoms with van der Waals surface area (Å²) in [5, 5.41) is 18.1. The number of nitrogens with zero attached hydrogens (tertiary/aromatic N) is 1. The van der Waals surface area contributed by atoms with Gasteiger partial charge in [-0.1, -0.05) is 24.9 Å². The van der Waals surface area contributed by atoms with Crippen LogP contribution in [-0.2, 0) is 6.42 Å². The van der Waals surface area contributed by atoms with Crippen LogP contribution in [0.3, 0.4) is 0 Å². The molecule has 1 aromatic rings. The van der Waals surface area contributed by atoms with Crippen LogP contribution in [-0.4, -0.2) is 22.2 Å². The molecule has 0 aliphatic heterocycles. The monoisotopic (exact) mass is 199 g/mol. The van der Waals surface area contributed by atoms with Gasteiger partial charge in [-0.05, 0) is 12.5 Å². The van der Waals surface area contributed by atoms with E-state index >= 15 is 0 Å². The maximum atomic E-state index is 8.83. The molecule has 0 spiro atoms. The lowest BCUT2D eigenvalue weighted by molar-refractivity contribution is 0.425. The molecule has 0 saturated carbocycles. The van der Waals surface area contributed by atoms with E-state index in [1.54, 1.807) is 0 Å². The van der Waals surface area contributed by atoms with Gasteiger partial charge in [-0.25, -0.2) is 0 Å². The molecule has 0 amide bonds. The molecular weight excluding hydrogens is 188 g/mol. The highest BCUT2D eigenvalue weighted by atomic mass is 35.5. The van der Waals surface area contributed by atoms with Gasteiger partial charge in [0.1, 0.15) is 0 Å². The summed E-state index contributed by atoms with van der Waals surface area (Å²) in [6.07, 6.45) is 3.20. The molecule has 1 heterocycles. The first kappa shape index (κ1) is 10.5. The summed E-state index contributed by atoms with van der Waals surface area (Å²) < 4.78 is 0. The molecule has 1 rings (SSSR count). The van der Waals surface area contributed by atoms with Crippen LogP contribution in [0.2, 0.25) is 5.02 Å². The van der Waals surface area contributed by atoms with Crippen LogP contribution in [0.5, 0.6) is 0 Å². The van der Waals surface area contributed by atoms with Gasteiger partial charge in [-0.3, -0.25) is 4.98 Å². The highest BCUT2D eigenvalue weighted by molar-refractivity contribution is 6.58. The molecule has 0 aliphatic carbocycles. The summed E-state index contributed by atoms with van der Waals surface area (Å²) in [4.78, 5) is 4.04. The summed E-state index contributed by atoms with van der Waals surface area (Å²) in [6.45, 7) is 2.03. The van der Waals surface area contributed by atoms with Gasteiger partial charge >= 0.3 is 7.12 Å². The first-order chi connectivity index (χ1) is 6.15. The fourth-order valence-electron chi connectivity index (χ4n) is 1.04. The Balaban J connectivity index is 2.92. The second-order valence-electron chi connectivity index (χ2n) is 2.82. The Labute approximate surface area is 82.5 Å². The molecule has 1 aromatic heterocycles. The van der Waals surface area contributed by atoms with Gasteiger partial charge < -0.3 is 10.0 Å². The van der Waals surface area contributed by atoms with Gasteiger partial charge in [0, 0.05) is 11.7 Å². The molecule has 70 valence electrons. The van der Waals surface area contributed by atoms with Crippen molar-refractivity contribution >= 4 is 24.2 Å². The largest absolute Gasteiger partial charge is 0.490 e. The lowest BCUT2D eigenvalue weighted by atomic mass is 9.81. The quantitative estimate of drug-likeness (QED) is 0.692. The van der Waals surface area contributed by atoms with Crippen LogP contribution in [0.1, 0.15) is 19.0 Å². The predicted molar refractivity (Wildman–Crippen MR) is 53.1 cm³/mol. The zero-order valence-electron chi connectivity index (χ0n) is 7.37. The van der Waals surface area contributed by atoms with Crippen molar-refractivity contribution in [2.75, 3.05) is 0 Å². The third-order valence-corrected chi connectivity index (χ3v) is 2.05. The smallest absolute Gasteiger partial charge is 0.423 e. The van der Waals surface area contributed by atoms with E-state index in [0.717, 1.165) is 18.5 Å². The van der Waals surface area contributed by atoms with Crippen molar-refractivity contribution in [2.45, 2.75) is 19.8 Å². The second kappa shape index (κ2) is 4.60. The van der Waals surface area contributed by atoms with E-state index in [1.165, 1.54) is 12.3 Å². The number of aryl methyl sites for hydroxylation is 1. The number of pyridine rings is 1. The molecule has 0 fully saturated rings. The summed E-state index contributed by atoms with van der Waals surface area (Å²) >= 11 is 5.87. The van der Waals surface area contributed by atoms with Gasteiger partial charge in [0.15, 0.2) is 0 Å². The minimum atomic E-state index is -1.50. The minimum Gasteiger partial charge on any atom is -0.423 e. The number of halogens is 1. The van der Waals surface area contributed by atoms with Crippen LogP contribution in [0.25, 0.3) is 0 Å². The van der Waals surface area contributed by atoms with Gasteiger partial charge in [0.2, 0.25) is 0 Å². The Morgan fingerprint density at radius 3 is 2.69 bits per heavy atom. The maximum absolute atomic E-state index is 8.83. The average molecular weight is 199 g/mol. The molecule has 2 N–H and O–H groups in total. The molecule has 3 nitrogen and oxygen atoms in total. The molecule has 0 aromatic carbocycles. The van der Waals surface area contributed by atoms with E-state index < -0.39 is 7.12 Å². The fraction of sp³-hybridized carbons (Fsp3) is 0.375. The summed E-state index contributed by atoms with van der Waals surface area (Å²) in [5.41, 5.74) is 1.12. The Kier molecular flexibility index (Phi) is 3.72. The Hall–Kier alpha value is -0.575. The van der Waals surface area contributed by atoms with Crippen molar-refractivity contribution in [1.82, 2.24) is 4.98 Å². The summed E-state index contributed by atoms with van der Waals surface area (Å²) in [7, 11) is -1.50. The molecule has 0 bridgehead atoms. The predicted octanol–water partition coefficient (Wildman–Crippen LogP) is 0.367. The van der Waals surface area contributed by atoms with Gasteiger partial charge in [-0.15, -0.1) is 0 Å². The lowest BCUT2D eigenvalue weighted by Gasteiger charge is -2.03.